The van der Waals surface area contributed by atoms with E-state index in [2.05, 4.69) is 29.8 Å². The molecule has 0 radical (unpaired) electrons. The van der Waals surface area contributed by atoms with Gasteiger partial charge in [0.25, 0.3) is 0 Å². The molecule has 0 saturated heterocycles. The van der Waals surface area contributed by atoms with Gasteiger partial charge in [0, 0.05) is 4.47 Å². The van der Waals surface area contributed by atoms with Crippen molar-refractivity contribution in [3.05, 3.63) is 28.7 Å². The Balaban J connectivity index is 2.39. The first-order chi connectivity index (χ1) is 6.72. The topological polar surface area (TPSA) is 9.23 Å². The Morgan fingerprint density at radius 1 is 1.29 bits per heavy atom. The van der Waals surface area contributed by atoms with E-state index in [4.69, 9.17) is 4.74 Å². The molecule has 0 aliphatic rings. The van der Waals surface area contributed by atoms with Gasteiger partial charge >= 0.3 is 0 Å². The second kappa shape index (κ2) is 6.07. The van der Waals surface area contributed by atoms with Crippen molar-refractivity contribution in [2.24, 2.45) is 0 Å². The SMILES string of the molecule is CCCCC(C)Oc1ccc(Br)cc1. The summed E-state index contributed by atoms with van der Waals surface area (Å²) in [4.78, 5) is 0. The van der Waals surface area contributed by atoms with Crippen LogP contribution in [-0.4, -0.2) is 6.10 Å². The highest BCUT2D eigenvalue weighted by Gasteiger charge is 2.02. The van der Waals surface area contributed by atoms with Crippen molar-refractivity contribution in [3.63, 3.8) is 0 Å². The molecule has 0 spiro atoms. The fraction of sp³-hybridized carbons (Fsp3) is 0.500. The molecule has 1 atom stereocenters. The Hall–Kier alpha value is -0.500. The molecule has 1 rings (SSSR count). The first-order valence-electron chi connectivity index (χ1n) is 5.14. The van der Waals surface area contributed by atoms with Crippen LogP contribution in [0.5, 0.6) is 5.75 Å². The van der Waals surface area contributed by atoms with Gasteiger partial charge in [0.05, 0.1) is 6.10 Å². The van der Waals surface area contributed by atoms with Gasteiger partial charge in [0.1, 0.15) is 5.75 Å². The van der Waals surface area contributed by atoms with Gasteiger partial charge in [-0.3, -0.25) is 0 Å². The predicted molar refractivity (Wildman–Crippen MR) is 63.8 cm³/mol. The molecule has 0 N–H and O–H groups in total. The van der Waals surface area contributed by atoms with Crippen molar-refractivity contribution in [1.82, 2.24) is 0 Å². The average molecular weight is 257 g/mol. The minimum absolute atomic E-state index is 0.316. The van der Waals surface area contributed by atoms with E-state index in [9.17, 15) is 0 Å². The summed E-state index contributed by atoms with van der Waals surface area (Å²) < 4.78 is 6.84. The third-order valence-corrected chi connectivity index (χ3v) is 2.64. The molecule has 0 amide bonds. The van der Waals surface area contributed by atoms with E-state index in [1.54, 1.807) is 0 Å². The largest absolute Gasteiger partial charge is 0.491 e. The minimum Gasteiger partial charge on any atom is -0.491 e. The standard InChI is InChI=1S/C12H17BrO/c1-3-4-5-10(2)14-12-8-6-11(13)7-9-12/h6-10H,3-5H2,1-2H3. The second-order valence-corrected chi connectivity index (χ2v) is 4.44. The summed E-state index contributed by atoms with van der Waals surface area (Å²) in [5.41, 5.74) is 0. The summed E-state index contributed by atoms with van der Waals surface area (Å²) in [7, 11) is 0. The third kappa shape index (κ3) is 4.14. The van der Waals surface area contributed by atoms with Gasteiger partial charge in [-0.25, -0.2) is 0 Å². The van der Waals surface area contributed by atoms with Crippen LogP contribution in [0.1, 0.15) is 33.1 Å². The molecule has 0 aromatic heterocycles. The number of ether oxygens (including phenoxy) is 1. The summed E-state index contributed by atoms with van der Waals surface area (Å²) in [6.45, 7) is 4.32. The quantitative estimate of drug-likeness (QED) is 0.759. The molecular formula is C12H17BrO. The summed E-state index contributed by atoms with van der Waals surface area (Å²) in [5.74, 6) is 0.955. The van der Waals surface area contributed by atoms with Crippen LogP contribution in [0.15, 0.2) is 28.7 Å². The van der Waals surface area contributed by atoms with E-state index in [0.717, 1.165) is 16.6 Å². The lowest BCUT2D eigenvalue weighted by atomic mass is 10.2. The number of benzene rings is 1. The zero-order chi connectivity index (χ0) is 10.4. The molecule has 2 heteroatoms. The first kappa shape index (κ1) is 11.6. The van der Waals surface area contributed by atoms with Crippen LogP contribution in [0.2, 0.25) is 0 Å². The normalized spacial score (nSPS) is 12.5. The molecule has 0 aliphatic heterocycles. The number of hydrogen-bond donors (Lipinski definition) is 0. The zero-order valence-corrected chi connectivity index (χ0v) is 10.4. The van der Waals surface area contributed by atoms with Gasteiger partial charge < -0.3 is 4.74 Å². The second-order valence-electron chi connectivity index (χ2n) is 3.52. The molecule has 14 heavy (non-hydrogen) atoms. The molecule has 1 unspecified atom stereocenters. The predicted octanol–water partition coefficient (Wildman–Crippen LogP) is 4.41. The van der Waals surface area contributed by atoms with Crippen molar-refractivity contribution in [3.8, 4) is 5.75 Å². The lowest BCUT2D eigenvalue weighted by Crippen LogP contribution is -2.11. The zero-order valence-electron chi connectivity index (χ0n) is 8.79. The molecule has 1 aromatic rings. The van der Waals surface area contributed by atoms with Crippen molar-refractivity contribution >= 4 is 15.9 Å². The van der Waals surface area contributed by atoms with Crippen molar-refractivity contribution in [2.75, 3.05) is 0 Å². The third-order valence-electron chi connectivity index (χ3n) is 2.12. The van der Waals surface area contributed by atoms with Crippen LogP contribution in [-0.2, 0) is 0 Å². The molecule has 1 nitrogen and oxygen atoms in total. The number of halogens is 1. The average Bonchev–Trinajstić information content (AvgIpc) is 2.18. The number of hydrogen-bond acceptors (Lipinski definition) is 1. The highest BCUT2D eigenvalue weighted by molar-refractivity contribution is 9.10. The summed E-state index contributed by atoms with van der Waals surface area (Å²) in [5, 5.41) is 0. The Morgan fingerprint density at radius 2 is 1.93 bits per heavy atom. The van der Waals surface area contributed by atoms with Gasteiger partial charge in [-0.2, -0.15) is 0 Å². The van der Waals surface area contributed by atoms with Gasteiger partial charge in [0.15, 0.2) is 0 Å². The van der Waals surface area contributed by atoms with Crippen LogP contribution in [0.25, 0.3) is 0 Å². The Bertz CT molecular complexity index is 256. The maximum absolute atomic E-state index is 5.75. The highest BCUT2D eigenvalue weighted by atomic mass is 79.9. The van der Waals surface area contributed by atoms with E-state index in [-0.39, 0.29) is 0 Å². The monoisotopic (exact) mass is 256 g/mol. The molecule has 0 fully saturated rings. The van der Waals surface area contributed by atoms with Crippen LogP contribution < -0.4 is 4.74 Å². The van der Waals surface area contributed by atoms with Crippen LogP contribution in [0.4, 0.5) is 0 Å². The Labute approximate surface area is 94.6 Å². The van der Waals surface area contributed by atoms with E-state index in [0.29, 0.717) is 6.10 Å². The van der Waals surface area contributed by atoms with Crippen molar-refractivity contribution in [1.29, 1.82) is 0 Å². The number of rotatable bonds is 5. The van der Waals surface area contributed by atoms with Crippen molar-refractivity contribution < 1.29 is 4.74 Å². The molecule has 78 valence electrons. The molecular weight excluding hydrogens is 240 g/mol. The lowest BCUT2D eigenvalue weighted by molar-refractivity contribution is 0.207. The van der Waals surface area contributed by atoms with E-state index >= 15 is 0 Å². The molecule has 1 aromatic carbocycles. The smallest absolute Gasteiger partial charge is 0.119 e. The first-order valence-corrected chi connectivity index (χ1v) is 5.94. The van der Waals surface area contributed by atoms with E-state index in [1.807, 2.05) is 24.3 Å². The number of unbranched alkanes of at least 4 members (excludes halogenated alkanes) is 1. The van der Waals surface area contributed by atoms with Gasteiger partial charge in [-0.15, -0.1) is 0 Å². The summed E-state index contributed by atoms with van der Waals surface area (Å²) in [6.07, 6.45) is 3.91. The highest BCUT2D eigenvalue weighted by Crippen LogP contribution is 2.18. The molecule has 0 heterocycles. The minimum atomic E-state index is 0.316. The van der Waals surface area contributed by atoms with Crippen LogP contribution in [0.3, 0.4) is 0 Å². The van der Waals surface area contributed by atoms with Crippen LogP contribution >= 0.6 is 15.9 Å². The maximum Gasteiger partial charge on any atom is 0.119 e. The van der Waals surface area contributed by atoms with E-state index in [1.165, 1.54) is 12.8 Å². The van der Waals surface area contributed by atoms with E-state index < -0.39 is 0 Å². The van der Waals surface area contributed by atoms with Gasteiger partial charge in [-0.05, 0) is 37.6 Å². The molecule has 0 bridgehead atoms. The van der Waals surface area contributed by atoms with Gasteiger partial charge in [-0.1, -0.05) is 35.7 Å². The fourth-order valence-electron chi connectivity index (χ4n) is 1.30. The van der Waals surface area contributed by atoms with Gasteiger partial charge in [0.2, 0.25) is 0 Å². The lowest BCUT2D eigenvalue weighted by Gasteiger charge is -2.13. The fourth-order valence-corrected chi connectivity index (χ4v) is 1.56. The summed E-state index contributed by atoms with van der Waals surface area (Å²) in [6, 6.07) is 7.99. The Kier molecular flexibility index (Phi) is 5.02. The summed E-state index contributed by atoms with van der Waals surface area (Å²) >= 11 is 3.40. The Morgan fingerprint density at radius 3 is 2.50 bits per heavy atom. The molecule has 0 saturated carbocycles. The maximum atomic E-state index is 5.75. The van der Waals surface area contributed by atoms with Crippen molar-refractivity contribution in [2.45, 2.75) is 39.2 Å². The van der Waals surface area contributed by atoms with Crippen LogP contribution in [0, 0.1) is 0 Å². The molecule has 0 aliphatic carbocycles.